The van der Waals surface area contributed by atoms with Gasteiger partial charge < -0.3 is 15.6 Å². The predicted molar refractivity (Wildman–Crippen MR) is 80.9 cm³/mol. The molecule has 0 saturated heterocycles. The molecule has 0 bridgehead atoms. The van der Waals surface area contributed by atoms with Crippen LogP contribution in [0.3, 0.4) is 0 Å². The number of hydrogen-bond donors (Lipinski definition) is 2. The summed E-state index contributed by atoms with van der Waals surface area (Å²) in [4.78, 5) is 17.7. The Hall–Kier alpha value is -2.48. The van der Waals surface area contributed by atoms with Gasteiger partial charge >= 0.3 is 0 Å². The first-order valence-corrected chi connectivity index (χ1v) is 7.30. The second kappa shape index (κ2) is 5.49. The van der Waals surface area contributed by atoms with E-state index in [2.05, 4.69) is 20.5 Å². The second-order valence-corrected chi connectivity index (χ2v) is 5.42. The maximum atomic E-state index is 12.3. The van der Waals surface area contributed by atoms with E-state index in [4.69, 9.17) is 5.73 Å². The molecule has 0 fully saturated rings. The van der Waals surface area contributed by atoms with Crippen LogP contribution in [0.2, 0.25) is 0 Å². The number of aryl methyl sites for hydroxylation is 1. The number of nitrogens with one attached hydrogen (secondary N) is 1. The van der Waals surface area contributed by atoms with Gasteiger partial charge in [-0.15, -0.1) is 21.5 Å². The normalized spacial score (nSPS) is 10.9. The quantitative estimate of drug-likeness (QED) is 0.759. The van der Waals surface area contributed by atoms with Gasteiger partial charge in [0.25, 0.3) is 5.91 Å². The SMILES string of the molecule is CCn1cnnc1CNC(=O)c1sc2ncccc2c1N. The minimum Gasteiger partial charge on any atom is -0.397 e. The Morgan fingerprint density at radius 2 is 2.38 bits per heavy atom. The van der Waals surface area contributed by atoms with E-state index in [0.717, 1.165) is 16.8 Å². The molecule has 0 aromatic carbocycles. The molecule has 21 heavy (non-hydrogen) atoms. The predicted octanol–water partition coefficient (Wildman–Crippen LogP) is 1.42. The summed E-state index contributed by atoms with van der Waals surface area (Å²) in [5.74, 6) is 0.491. The molecule has 3 rings (SSSR count). The minimum atomic E-state index is -0.221. The van der Waals surface area contributed by atoms with Gasteiger partial charge in [-0.05, 0) is 19.1 Å². The molecule has 0 aliphatic carbocycles. The zero-order valence-electron chi connectivity index (χ0n) is 11.4. The molecule has 108 valence electrons. The third-order valence-corrected chi connectivity index (χ3v) is 4.28. The van der Waals surface area contributed by atoms with Crippen molar-refractivity contribution >= 4 is 33.1 Å². The Morgan fingerprint density at radius 1 is 1.52 bits per heavy atom. The third-order valence-electron chi connectivity index (χ3n) is 3.15. The van der Waals surface area contributed by atoms with Crippen molar-refractivity contribution in [3.63, 3.8) is 0 Å². The first-order valence-electron chi connectivity index (χ1n) is 6.48. The van der Waals surface area contributed by atoms with Crippen molar-refractivity contribution < 1.29 is 4.79 Å². The maximum Gasteiger partial charge on any atom is 0.263 e. The van der Waals surface area contributed by atoms with Crippen LogP contribution in [0.25, 0.3) is 10.2 Å². The van der Waals surface area contributed by atoms with Crippen LogP contribution in [-0.2, 0) is 13.1 Å². The first-order chi connectivity index (χ1) is 10.2. The van der Waals surface area contributed by atoms with Gasteiger partial charge in [0.15, 0.2) is 5.82 Å². The number of carbonyl (C=O) groups is 1. The van der Waals surface area contributed by atoms with Crippen LogP contribution >= 0.6 is 11.3 Å². The molecule has 3 aromatic rings. The van der Waals surface area contributed by atoms with Gasteiger partial charge in [0.2, 0.25) is 0 Å². The van der Waals surface area contributed by atoms with Crippen LogP contribution in [-0.4, -0.2) is 25.7 Å². The van der Waals surface area contributed by atoms with Gasteiger partial charge in [0.05, 0.1) is 12.2 Å². The fourth-order valence-corrected chi connectivity index (χ4v) is 3.02. The van der Waals surface area contributed by atoms with Gasteiger partial charge in [-0.3, -0.25) is 4.79 Å². The fourth-order valence-electron chi connectivity index (χ4n) is 2.04. The lowest BCUT2D eigenvalue weighted by molar-refractivity contribution is 0.0954. The van der Waals surface area contributed by atoms with Crippen molar-refractivity contribution in [2.24, 2.45) is 0 Å². The summed E-state index contributed by atoms with van der Waals surface area (Å²) in [5.41, 5.74) is 6.49. The molecule has 0 saturated carbocycles. The third kappa shape index (κ3) is 2.45. The summed E-state index contributed by atoms with van der Waals surface area (Å²) in [5, 5.41) is 11.4. The van der Waals surface area contributed by atoms with E-state index >= 15 is 0 Å². The van der Waals surface area contributed by atoms with E-state index < -0.39 is 0 Å². The average molecular weight is 302 g/mol. The zero-order chi connectivity index (χ0) is 14.8. The van der Waals surface area contributed by atoms with Crippen LogP contribution < -0.4 is 11.1 Å². The number of anilines is 1. The number of nitrogens with two attached hydrogens (primary N) is 1. The van der Waals surface area contributed by atoms with Crippen molar-refractivity contribution in [1.29, 1.82) is 0 Å². The molecule has 3 heterocycles. The van der Waals surface area contributed by atoms with Crippen LogP contribution in [0.1, 0.15) is 22.4 Å². The molecule has 1 amide bonds. The summed E-state index contributed by atoms with van der Waals surface area (Å²) in [6.07, 6.45) is 3.32. The summed E-state index contributed by atoms with van der Waals surface area (Å²) in [6, 6.07) is 3.66. The van der Waals surface area contributed by atoms with Gasteiger partial charge in [-0.2, -0.15) is 0 Å². The molecule has 7 nitrogen and oxygen atoms in total. The number of nitrogen functional groups attached to an aromatic ring is 1. The highest BCUT2D eigenvalue weighted by molar-refractivity contribution is 7.21. The van der Waals surface area contributed by atoms with E-state index in [-0.39, 0.29) is 5.91 Å². The number of rotatable bonds is 4. The highest BCUT2D eigenvalue weighted by Gasteiger charge is 2.17. The molecule has 0 unspecified atom stereocenters. The molecular weight excluding hydrogens is 288 g/mol. The average Bonchev–Trinajstić information content (AvgIpc) is 3.09. The molecule has 0 radical (unpaired) electrons. The topological polar surface area (TPSA) is 98.7 Å². The molecular formula is C13H14N6OS. The first kappa shape index (κ1) is 13.5. The van der Waals surface area contributed by atoms with Crippen LogP contribution in [0, 0.1) is 0 Å². The van der Waals surface area contributed by atoms with Gasteiger partial charge in [0.1, 0.15) is 16.0 Å². The van der Waals surface area contributed by atoms with E-state index in [0.29, 0.717) is 22.9 Å². The van der Waals surface area contributed by atoms with Gasteiger partial charge in [0, 0.05) is 18.1 Å². The number of pyridine rings is 1. The summed E-state index contributed by atoms with van der Waals surface area (Å²) in [6.45, 7) is 3.06. The van der Waals surface area contributed by atoms with E-state index in [9.17, 15) is 4.79 Å². The standard InChI is InChI=1S/C13H14N6OS/c1-2-19-7-17-18-9(19)6-16-12(20)11-10(14)8-4-3-5-15-13(8)21-11/h3-5,7H,2,6,14H2,1H3,(H,16,20). The van der Waals surface area contributed by atoms with Gasteiger partial charge in [-0.1, -0.05) is 0 Å². The lowest BCUT2D eigenvalue weighted by Crippen LogP contribution is -2.24. The van der Waals surface area contributed by atoms with Gasteiger partial charge in [-0.25, -0.2) is 4.98 Å². The Bertz CT molecular complexity index is 793. The molecule has 3 N–H and O–H groups in total. The zero-order valence-corrected chi connectivity index (χ0v) is 12.2. The van der Waals surface area contributed by atoms with Crippen molar-refractivity contribution in [3.05, 3.63) is 35.4 Å². The lowest BCUT2D eigenvalue weighted by Gasteiger charge is -2.05. The maximum absolute atomic E-state index is 12.3. The number of carbonyl (C=O) groups excluding carboxylic acids is 1. The number of aromatic nitrogens is 4. The van der Waals surface area contributed by atoms with Crippen LogP contribution in [0.5, 0.6) is 0 Å². The van der Waals surface area contributed by atoms with Crippen molar-refractivity contribution in [2.45, 2.75) is 20.0 Å². The number of thiophene rings is 1. The largest absolute Gasteiger partial charge is 0.397 e. The molecule has 0 spiro atoms. The molecule has 0 aliphatic heterocycles. The number of hydrogen-bond acceptors (Lipinski definition) is 6. The lowest BCUT2D eigenvalue weighted by atomic mass is 10.2. The molecule has 8 heteroatoms. The van der Waals surface area contributed by atoms with Crippen molar-refractivity contribution in [3.8, 4) is 0 Å². The second-order valence-electron chi connectivity index (χ2n) is 4.42. The highest BCUT2D eigenvalue weighted by Crippen LogP contribution is 2.31. The van der Waals surface area contributed by atoms with E-state index in [1.165, 1.54) is 11.3 Å². The van der Waals surface area contributed by atoms with Crippen molar-refractivity contribution in [2.75, 3.05) is 5.73 Å². The van der Waals surface area contributed by atoms with Crippen LogP contribution in [0.4, 0.5) is 5.69 Å². The van der Waals surface area contributed by atoms with Crippen LogP contribution in [0.15, 0.2) is 24.7 Å². The van der Waals surface area contributed by atoms with E-state index in [1.54, 1.807) is 18.6 Å². The summed E-state index contributed by atoms with van der Waals surface area (Å²) < 4.78 is 1.87. The van der Waals surface area contributed by atoms with Crippen molar-refractivity contribution in [1.82, 2.24) is 25.1 Å². The molecule has 3 aromatic heterocycles. The highest BCUT2D eigenvalue weighted by atomic mass is 32.1. The Balaban J connectivity index is 1.80. The summed E-state index contributed by atoms with van der Waals surface area (Å²) in [7, 11) is 0. The number of amides is 1. The molecule has 0 atom stereocenters. The summed E-state index contributed by atoms with van der Waals surface area (Å²) >= 11 is 1.29. The minimum absolute atomic E-state index is 0.221. The van der Waals surface area contributed by atoms with E-state index in [1.807, 2.05) is 17.6 Å². The Morgan fingerprint density at radius 3 is 3.14 bits per heavy atom. The number of fused-ring (bicyclic) bond motifs is 1. The Kier molecular flexibility index (Phi) is 3.53. The fraction of sp³-hybridized carbons (Fsp3) is 0.231. The number of nitrogens with zero attached hydrogens (tertiary/aromatic N) is 4. The monoisotopic (exact) mass is 302 g/mol. The molecule has 0 aliphatic rings. The smallest absolute Gasteiger partial charge is 0.263 e. The Labute approximate surface area is 124 Å².